The van der Waals surface area contributed by atoms with Crippen LogP contribution in [0.5, 0.6) is 0 Å². The summed E-state index contributed by atoms with van der Waals surface area (Å²) in [6.45, 7) is 0. The Hall–Kier alpha value is -0.860. The molecular weight excluding hydrogens is 190 g/mol. The zero-order valence-electron chi connectivity index (χ0n) is 6.20. The largest absolute Gasteiger partial charge is 0.254 e. The molecule has 0 bridgehead atoms. The highest BCUT2D eigenvalue weighted by Crippen LogP contribution is 2.28. The Morgan fingerprint density at radius 2 is 2.17 bits per heavy atom. The van der Waals surface area contributed by atoms with Crippen molar-refractivity contribution >= 4 is 22.9 Å². The molecule has 0 unspecified atom stereocenters. The van der Waals surface area contributed by atoms with Crippen LogP contribution in [0, 0.1) is 0 Å². The highest BCUT2D eigenvalue weighted by atomic mass is 35.5. The lowest BCUT2D eigenvalue weighted by atomic mass is 10.3. The maximum absolute atomic E-state index is 5.96. The Kier molecular flexibility index (Phi) is 2.11. The summed E-state index contributed by atoms with van der Waals surface area (Å²) in [5.74, 6) is 0. The molecule has 0 aliphatic rings. The number of aromatic nitrogens is 1. The third-order valence-corrected chi connectivity index (χ3v) is 2.69. The molecule has 0 amide bonds. The smallest absolute Gasteiger partial charge is 0.0987 e. The highest BCUT2D eigenvalue weighted by Gasteiger charge is 2.03. The zero-order valence-corrected chi connectivity index (χ0v) is 7.77. The molecule has 0 spiro atoms. The van der Waals surface area contributed by atoms with Gasteiger partial charge in [0.2, 0.25) is 0 Å². The second kappa shape index (κ2) is 3.25. The van der Waals surface area contributed by atoms with Gasteiger partial charge < -0.3 is 0 Å². The summed E-state index contributed by atoms with van der Waals surface area (Å²) in [6, 6.07) is 7.69. The van der Waals surface area contributed by atoms with Crippen molar-refractivity contribution in [1.82, 2.24) is 4.98 Å². The molecule has 0 atom stereocenters. The molecule has 0 aliphatic heterocycles. The molecule has 3 heteroatoms. The lowest BCUT2D eigenvalue weighted by molar-refractivity contribution is 1.34. The van der Waals surface area contributed by atoms with Crippen LogP contribution < -0.4 is 0 Å². The standard InChI is InChI=1S/C9H6ClNS/c10-7-3-1-5-11-9(7)8-4-2-6-12-8/h1-6H. The second-order valence-electron chi connectivity index (χ2n) is 2.31. The van der Waals surface area contributed by atoms with E-state index in [4.69, 9.17) is 11.6 Å². The van der Waals surface area contributed by atoms with Crippen LogP contribution in [-0.4, -0.2) is 4.98 Å². The molecule has 0 N–H and O–H groups in total. The molecule has 0 fully saturated rings. The van der Waals surface area contributed by atoms with Crippen LogP contribution in [0.3, 0.4) is 0 Å². The van der Waals surface area contributed by atoms with Gasteiger partial charge in [0.1, 0.15) is 0 Å². The van der Waals surface area contributed by atoms with E-state index in [0.717, 1.165) is 10.6 Å². The van der Waals surface area contributed by atoms with Gasteiger partial charge in [0.05, 0.1) is 15.6 Å². The first-order chi connectivity index (χ1) is 5.88. The van der Waals surface area contributed by atoms with Crippen LogP contribution in [0.15, 0.2) is 35.8 Å². The minimum atomic E-state index is 0.708. The molecule has 0 aliphatic carbocycles. The van der Waals surface area contributed by atoms with Crippen molar-refractivity contribution in [2.75, 3.05) is 0 Å². The molecule has 1 nitrogen and oxygen atoms in total. The molecule has 2 heterocycles. The van der Waals surface area contributed by atoms with E-state index >= 15 is 0 Å². The fourth-order valence-electron chi connectivity index (χ4n) is 0.980. The van der Waals surface area contributed by atoms with E-state index < -0.39 is 0 Å². The number of hydrogen-bond donors (Lipinski definition) is 0. The van der Waals surface area contributed by atoms with E-state index in [1.165, 1.54) is 0 Å². The monoisotopic (exact) mass is 195 g/mol. The van der Waals surface area contributed by atoms with Gasteiger partial charge in [-0.1, -0.05) is 17.7 Å². The highest BCUT2D eigenvalue weighted by molar-refractivity contribution is 7.13. The molecule has 2 rings (SSSR count). The number of hydrogen-bond acceptors (Lipinski definition) is 2. The third-order valence-electron chi connectivity index (χ3n) is 1.51. The van der Waals surface area contributed by atoms with Gasteiger partial charge >= 0.3 is 0 Å². The molecular formula is C9H6ClNS. The first-order valence-electron chi connectivity index (χ1n) is 3.52. The number of rotatable bonds is 1. The van der Waals surface area contributed by atoms with E-state index in [0.29, 0.717) is 5.02 Å². The molecule has 0 saturated heterocycles. The van der Waals surface area contributed by atoms with E-state index in [2.05, 4.69) is 4.98 Å². The number of pyridine rings is 1. The van der Waals surface area contributed by atoms with Crippen molar-refractivity contribution in [3.63, 3.8) is 0 Å². The van der Waals surface area contributed by atoms with Crippen LogP contribution in [-0.2, 0) is 0 Å². The van der Waals surface area contributed by atoms with Crippen molar-refractivity contribution in [3.8, 4) is 10.6 Å². The molecule has 60 valence electrons. The Morgan fingerprint density at radius 1 is 1.25 bits per heavy atom. The number of nitrogens with zero attached hydrogens (tertiary/aromatic N) is 1. The summed E-state index contributed by atoms with van der Waals surface area (Å²) in [6.07, 6.45) is 1.75. The lowest BCUT2D eigenvalue weighted by Crippen LogP contribution is -1.79. The van der Waals surface area contributed by atoms with Crippen molar-refractivity contribution < 1.29 is 0 Å². The first kappa shape index (κ1) is 7.77. The lowest BCUT2D eigenvalue weighted by Gasteiger charge is -1.97. The topological polar surface area (TPSA) is 12.9 Å². The van der Waals surface area contributed by atoms with Gasteiger partial charge in [-0.2, -0.15) is 0 Å². The predicted octanol–water partition coefficient (Wildman–Crippen LogP) is 3.46. The molecule has 0 aromatic carbocycles. The summed E-state index contributed by atoms with van der Waals surface area (Å²) >= 11 is 7.60. The van der Waals surface area contributed by atoms with Crippen LogP contribution in [0.1, 0.15) is 0 Å². The Morgan fingerprint density at radius 3 is 2.83 bits per heavy atom. The third kappa shape index (κ3) is 1.36. The molecule has 0 saturated carbocycles. The van der Waals surface area contributed by atoms with Crippen molar-refractivity contribution in [3.05, 3.63) is 40.9 Å². The number of halogens is 1. The maximum atomic E-state index is 5.96. The molecule has 12 heavy (non-hydrogen) atoms. The maximum Gasteiger partial charge on any atom is 0.0987 e. The quantitative estimate of drug-likeness (QED) is 0.679. The Balaban J connectivity index is 2.55. The van der Waals surface area contributed by atoms with E-state index in [-0.39, 0.29) is 0 Å². The Labute approximate surface area is 79.7 Å². The fourth-order valence-corrected chi connectivity index (χ4v) is 1.99. The fraction of sp³-hybridized carbons (Fsp3) is 0. The van der Waals surface area contributed by atoms with Gasteiger partial charge in [0.15, 0.2) is 0 Å². The van der Waals surface area contributed by atoms with Gasteiger partial charge in [-0.25, -0.2) is 0 Å². The minimum absolute atomic E-state index is 0.708. The van der Waals surface area contributed by atoms with Crippen molar-refractivity contribution in [1.29, 1.82) is 0 Å². The molecule has 0 radical (unpaired) electrons. The van der Waals surface area contributed by atoms with E-state index in [9.17, 15) is 0 Å². The molecule has 2 aromatic rings. The normalized spacial score (nSPS) is 10.1. The van der Waals surface area contributed by atoms with Crippen molar-refractivity contribution in [2.24, 2.45) is 0 Å². The summed E-state index contributed by atoms with van der Waals surface area (Å²) in [5.41, 5.74) is 0.870. The average Bonchev–Trinajstić information content (AvgIpc) is 2.57. The van der Waals surface area contributed by atoms with Crippen LogP contribution >= 0.6 is 22.9 Å². The van der Waals surface area contributed by atoms with Gasteiger partial charge in [0.25, 0.3) is 0 Å². The summed E-state index contributed by atoms with van der Waals surface area (Å²) in [7, 11) is 0. The van der Waals surface area contributed by atoms with Gasteiger partial charge in [-0.15, -0.1) is 11.3 Å². The van der Waals surface area contributed by atoms with E-state index in [1.54, 1.807) is 17.5 Å². The summed E-state index contributed by atoms with van der Waals surface area (Å²) in [5, 5.41) is 2.72. The average molecular weight is 196 g/mol. The second-order valence-corrected chi connectivity index (χ2v) is 3.67. The van der Waals surface area contributed by atoms with Crippen molar-refractivity contribution in [2.45, 2.75) is 0 Å². The zero-order chi connectivity index (χ0) is 8.39. The van der Waals surface area contributed by atoms with Crippen LogP contribution in [0.2, 0.25) is 5.02 Å². The predicted molar refractivity (Wildman–Crippen MR) is 52.6 cm³/mol. The van der Waals surface area contributed by atoms with Gasteiger partial charge in [0, 0.05) is 6.20 Å². The van der Waals surface area contributed by atoms with Crippen LogP contribution in [0.25, 0.3) is 10.6 Å². The van der Waals surface area contributed by atoms with Gasteiger partial charge in [-0.05, 0) is 23.6 Å². The number of thiophene rings is 1. The molecule has 2 aromatic heterocycles. The minimum Gasteiger partial charge on any atom is -0.254 e. The SMILES string of the molecule is Clc1cccnc1-c1cccs1. The summed E-state index contributed by atoms with van der Waals surface area (Å²) < 4.78 is 0. The van der Waals surface area contributed by atoms with Gasteiger partial charge in [-0.3, -0.25) is 4.98 Å². The van der Waals surface area contributed by atoms with Crippen LogP contribution in [0.4, 0.5) is 0 Å². The first-order valence-corrected chi connectivity index (χ1v) is 4.78. The van der Waals surface area contributed by atoms with E-state index in [1.807, 2.05) is 29.6 Å². The summed E-state index contributed by atoms with van der Waals surface area (Å²) in [4.78, 5) is 5.31. The Bertz CT molecular complexity index is 370.